The largest absolute Gasteiger partial charge is 0.324 e. The van der Waals surface area contributed by atoms with Gasteiger partial charge in [-0.1, -0.05) is 61.9 Å². The van der Waals surface area contributed by atoms with Crippen LogP contribution in [0.1, 0.15) is 26.2 Å². The smallest absolute Gasteiger partial charge is 0.289 e. The van der Waals surface area contributed by atoms with Gasteiger partial charge < -0.3 is 5.32 Å². The molecule has 0 saturated carbocycles. The van der Waals surface area contributed by atoms with Crippen molar-refractivity contribution in [2.45, 2.75) is 36.0 Å². The second-order valence-corrected chi connectivity index (χ2v) is 12.8. The van der Waals surface area contributed by atoms with E-state index in [1.54, 1.807) is 36.4 Å². The zero-order valence-electron chi connectivity index (χ0n) is 22.3. The van der Waals surface area contributed by atoms with Gasteiger partial charge >= 0.3 is 0 Å². The van der Waals surface area contributed by atoms with E-state index in [0.29, 0.717) is 11.8 Å². The molecule has 0 aliphatic heterocycles. The highest BCUT2D eigenvalue weighted by Gasteiger charge is 2.30. The molecule has 13 heteroatoms. The Bertz CT molecular complexity index is 1840. The van der Waals surface area contributed by atoms with Crippen LogP contribution in [0.15, 0.2) is 94.7 Å². The number of benzene rings is 4. The average molecular weight is 597 g/mol. The number of hydrogen-bond donors (Lipinski definition) is 2. The van der Waals surface area contributed by atoms with Gasteiger partial charge in [0, 0.05) is 24.9 Å². The van der Waals surface area contributed by atoms with E-state index in [9.17, 15) is 31.7 Å². The van der Waals surface area contributed by atoms with E-state index in [4.69, 9.17) is 0 Å². The number of carbonyl (C=O) groups is 1. The van der Waals surface area contributed by atoms with E-state index in [1.807, 2.05) is 6.92 Å². The molecule has 2 N–H and O–H groups in total. The van der Waals surface area contributed by atoms with Gasteiger partial charge in [0.25, 0.3) is 25.7 Å². The molecule has 0 spiro atoms. The van der Waals surface area contributed by atoms with Gasteiger partial charge in [0.2, 0.25) is 5.91 Å². The van der Waals surface area contributed by atoms with Gasteiger partial charge in [-0.05, 0) is 42.1 Å². The summed E-state index contributed by atoms with van der Waals surface area (Å²) >= 11 is 0. The average Bonchev–Trinajstić information content (AvgIpc) is 2.96. The summed E-state index contributed by atoms with van der Waals surface area (Å²) in [5, 5.41) is 15.4. The maximum absolute atomic E-state index is 13.5. The van der Waals surface area contributed by atoms with Crippen LogP contribution in [0.2, 0.25) is 0 Å². The number of nitrogens with one attached hydrogen (secondary N) is 2. The maximum atomic E-state index is 13.5. The summed E-state index contributed by atoms with van der Waals surface area (Å²) < 4.78 is 57.1. The van der Waals surface area contributed by atoms with E-state index < -0.39 is 35.6 Å². The number of nitro benzene ring substituents is 1. The highest BCUT2D eigenvalue weighted by Crippen LogP contribution is 2.34. The van der Waals surface area contributed by atoms with Crippen molar-refractivity contribution in [3.8, 4) is 0 Å². The molecule has 4 aromatic rings. The quantitative estimate of drug-likeness (QED) is 0.171. The summed E-state index contributed by atoms with van der Waals surface area (Å²) in [5.41, 5.74) is -0.506. The zero-order chi connectivity index (χ0) is 29.8. The fraction of sp³-hybridized carbons (Fsp3) is 0.179. The molecular weight excluding hydrogens is 568 g/mol. The van der Waals surface area contributed by atoms with Crippen LogP contribution in [0.5, 0.6) is 0 Å². The second kappa shape index (κ2) is 11.9. The third-order valence-corrected chi connectivity index (χ3v) is 9.64. The van der Waals surface area contributed by atoms with Gasteiger partial charge in [0.15, 0.2) is 4.90 Å². The number of para-hydroxylation sites is 1. The van der Waals surface area contributed by atoms with Crippen molar-refractivity contribution >= 4 is 59.5 Å². The Kier molecular flexibility index (Phi) is 8.59. The number of nitrogens with zero attached hydrogens (tertiary/aromatic N) is 2. The van der Waals surface area contributed by atoms with Crippen LogP contribution in [0.4, 0.5) is 22.7 Å². The van der Waals surface area contributed by atoms with Crippen molar-refractivity contribution in [1.29, 1.82) is 0 Å². The summed E-state index contributed by atoms with van der Waals surface area (Å²) in [5.74, 6) is -0.390. The Labute approximate surface area is 238 Å². The van der Waals surface area contributed by atoms with Crippen molar-refractivity contribution in [3.05, 3.63) is 95.0 Å². The lowest BCUT2D eigenvalue weighted by Gasteiger charge is -2.22. The lowest BCUT2D eigenvalue weighted by Crippen LogP contribution is -2.27. The van der Waals surface area contributed by atoms with Crippen molar-refractivity contribution < 1.29 is 26.6 Å². The lowest BCUT2D eigenvalue weighted by molar-refractivity contribution is -0.387. The molecule has 0 bridgehead atoms. The van der Waals surface area contributed by atoms with Crippen LogP contribution in [0.3, 0.4) is 0 Å². The Balaban J connectivity index is 1.76. The molecule has 0 saturated heterocycles. The molecule has 11 nitrogen and oxygen atoms in total. The van der Waals surface area contributed by atoms with E-state index in [-0.39, 0.29) is 34.3 Å². The summed E-state index contributed by atoms with van der Waals surface area (Å²) in [6.07, 6.45) is 1.51. The van der Waals surface area contributed by atoms with Crippen molar-refractivity contribution in [1.82, 2.24) is 0 Å². The molecule has 0 aromatic heterocycles. The topological polar surface area (TPSA) is 156 Å². The molecule has 1 amide bonds. The number of carbonyl (C=O) groups excluding carboxylic acids is 1. The third-order valence-electron chi connectivity index (χ3n) is 6.38. The van der Waals surface area contributed by atoms with Gasteiger partial charge in [-0.3, -0.25) is 23.9 Å². The fourth-order valence-corrected chi connectivity index (χ4v) is 6.87. The minimum Gasteiger partial charge on any atom is -0.324 e. The second-order valence-electron chi connectivity index (χ2n) is 9.16. The monoisotopic (exact) mass is 596 g/mol. The number of sulfonamides is 2. The van der Waals surface area contributed by atoms with Crippen molar-refractivity contribution in [2.24, 2.45) is 0 Å². The minimum absolute atomic E-state index is 0.0167. The molecular formula is C28H28N4O7S2. The predicted molar refractivity (Wildman–Crippen MR) is 158 cm³/mol. The molecule has 0 radical (unpaired) electrons. The number of hydrogen-bond acceptors (Lipinski definition) is 7. The highest BCUT2D eigenvalue weighted by atomic mass is 32.2. The Morgan fingerprint density at radius 2 is 1.54 bits per heavy atom. The standard InChI is InChI=1S/C28H28N4O7S2/c1-3-4-16-28(33)29-24-19-21(31(2)41(38,39)27-14-8-7-13-25(27)32(34)35)17-18-23(24)30-40(36,37)26-15-9-11-20-10-5-6-12-22(20)26/h5-15,17-19,30H,3-4,16H2,1-2H3,(H,29,33). The summed E-state index contributed by atoms with van der Waals surface area (Å²) in [6.45, 7) is 1.92. The van der Waals surface area contributed by atoms with Crippen LogP contribution >= 0.6 is 0 Å². The number of unbranched alkanes of at least 4 members (excludes halogenated alkanes) is 1. The summed E-state index contributed by atoms with van der Waals surface area (Å²) in [4.78, 5) is 22.9. The minimum atomic E-state index is -4.40. The number of rotatable bonds is 11. The SMILES string of the molecule is CCCCC(=O)Nc1cc(N(C)S(=O)(=O)c2ccccc2[N+](=O)[O-])ccc1NS(=O)(=O)c1cccc2ccccc12. The summed E-state index contributed by atoms with van der Waals surface area (Å²) in [7, 11) is -7.33. The Morgan fingerprint density at radius 3 is 2.27 bits per heavy atom. The number of amides is 1. The molecule has 0 atom stereocenters. The van der Waals surface area contributed by atoms with E-state index in [1.165, 1.54) is 43.4 Å². The number of fused-ring (bicyclic) bond motifs is 1. The van der Waals surface area contributed by atoms with Crippen LogP contribution in [-0.4, -0.2) is 34.7 Å². The van der Waals surface area contributed by atoms with Crippen LogP contribution in [0.25, 0.3) is 10.8 Å². The first-order valence-corrected chi connectivity index (χ1v) is 15.5. The third kappa shape index (κ3) is 6.31. The fourth-order valence-electron chi connectivity index (χ4n) is 4.21. The van der Waals surface area contributed by atoms with E-state index in [0.717, 1.165) is 28.2 Å². The molecule has 4 rings (SSSR count). The van der Waals surface area contributed by atoms with Gasteiger partial charge in [0.1, 0.15) is 0 Å². The van der Waals surface area contributed by atoms with Gasteiger partial charge in [0.05, 0.1) is 26.9 Å². The lowest BCUT2D eigenvalue weighted by atomic mass is 10.1. The molecule has 41 heavy (non-hydrogen) atoms. The highest BCUT2D eigenvalue weighted by molar-refractivity contribution is 7.93. The molecule has 0 aliphatic rings. The molecule has 0 unspecified atom stereocenters. The predicted octanol–water partition coefficient (Wildman–Crippen LogP) is 5.50. The maximum Gasteiger partial charge on any atom is 0.289 e. The summed E-state index contributed by atoms with van der Waals surface area (Å²) in [6, 6.07) is 20.8. The molecule has 4 aromatic carbocycles. The van der Waals surface area contributed by atoms with Crippen LogP contribution in [0, 0.1) is 10.1 Å². The van der Waals surface area contributed by atoms with E-state index >= 15 is 0 Å². The first kappa shape index (κ1) is 29.5. The van der Waals surface area contributed by atoms with Crippen LogP contribution < -0.4 is 14.3 Å². The Morgan fingerprint density at radius 1 is 0.878 bits per heavy atom. The van der Waals surface area contributed by atoms with Crippen LogP contribution in [-0.2, 0) is 24.8 Å². The van der Waals surface area contributed by atoms with Gasteiger partial charge in [-0.25, -0.2) is 16.8 Å². The van der Waals surface area contributed by atoms with Gasteiger partial charge in [-0.2, -0.15) is 0 Å². The first-order valence-electron chi connectivity index (χ1n) is 12.6. The van der Waals surface area contributed by atoms with Gasteiger partial charge in [-0.15, -0.1) is 0 Å². The number of anilines is 3. The van der Waals surface area contributed by atoms with Crippen molar-refractivity contribution in [3.63, 3.8) is 0 Å². The molecule has 214 valence electrons. The number of nitro groups is 1. The molecule has 0 aliphatic carbocycles. The van der Waals surface area contributed by atoms with Crippen molar-refractivity contribution in [2.75, 3.05) is 21.4 Å². The Hall–Kier alpha value is -4.49. The molecule has 0 fully saturated rings. The normalized spacial score (nSPS) is 11.7. The van der Waals surface area contributed by atoms with E-state index in [2.05, 4.69) is 10.0 Å². The molecule has 0 heterocycles. The zero-order valence-corrected chi connectivity index (χ0v) is 23.9. The first-order chi connectivity index (χ1) is 19.5.